The SMILES string of the molecule is Cc1cn(CC(CS)C(C)(C)C)nc1[N+](=O)[O-]. The minimum absolute atomic E-state index is 0.0585. The standard InChI is InChI=1S/C11H19N3O2S/c1-8-5-13(12-10(8)14(15)16)6-9(7-17)11(2,3)4/h5,9,17H,6-7H2,1-4H3. The molecular formula is C11H19N3O2S. The summed E-state index contributed by atoms with van der Waals surface area (Å²) in [4.78, 5) is 10.3. The van der Waals surface area contributed by atoms with Gasteiger partial charge < -0.3 is 10.1 Å². The first-order valence-corrected chi connectivity index (χ1v) is 6.18. The Morgan fingerprint density at radius 3 is 2.53 bits per heavy atom. The number of hydrogen-bond donors (Lipinski definition) is 1. The summed E-state index contributed by atoms with van der Waals surface area (Å²) >= 11 is 4.34. The molecule has 0 amide bonds. The molecule has 1 aromatic rings. The summed E-state index contributed by atoms with van der Waals surface area (Å²) in [6.45, 7) is 8.77. The van der Waals surface area contributed by atoms with Crippen molar-refractivity contribution in [1.29, 1.82) is 0 Å². The van der Waals surface area contributed by atoms with Gasteiger partial charge in [0, 0.05) is 0 Å². The molecule has 96 valence electrons. The van der Waals surface area contributed by atoms with Gasteiger partial charge in [-0.05, 0) is 28.9 Å². The highest BCUT2D eigenvalue weighted by atomic mass is 32.1. The normalized spacial score (nSPS) is 13.7. The summed E-state index contributed by atoms with van der Waals surface area (Å²) in [5.41, 5.74) is 0.706. The monoisotopic (exact) mass is 257 g/mol. The molecule has 0 aliphatic rings. The van der Waals surface area contributed by atoms with Gasteiger partial charge >= 0.3 is 5.82 Å². The summed E-state index contributed by atoms with van der Waals surface area (Å²) in [6.07, 6.45) is 1.72. The Bertz CT molecular complexity index is 409. The van der Waals surface area contributed by atoms with Gasteiger partial charge in [0.1, 0.15) is 0 Å². The van der Waals surface area contributed by atoms with Crippen molar-refractivity contribution in [1.82, 2.24) is 9.78 Å². The molecule has 1 heterocycles. The summed E-state index contributed by atoms with van der Waals surface area (Å²) in [6, 6.07) is 0. The predicted octanol–water partition coefficient (Wildman–Crippen LogP) is 2.69. The molecule has 0 bridgehead atoms. The van der Waals surface area contributed by atoms with E-state index in [1.54, 1.807) is 17.8 Å². The van der Waals surface area contributed by atoms with Crippen LogP contribution < -0.4 is 0 Å². The Balaban J connectivity index is 2.88. The lowest BCUT2D eigenvalue weighted by atomic mass is 9.82. The number of aryl methyl sites for hydroxylation is 1. The minimum atomic E-state index is -0.446. The van der Waals surface area contributed by atoms with Gasteiger partial charge in [0.2, 0.25) is 0 Å². The van der Waals surface area contributed by atoms with E-state index in [0.717, 1.165) is 5.75 Å². The van der Waals surface area contributed by atoms with Gasteiger partial charge in [-0.2, -0.15) is 17.3 Å². The van der Waals surface area contributed by atoms with E-state index in [1.807, 2.05) is 0 Å². The van der Waals surface area contributed by atoms with Gasteiger partial charge in [-0.1, -0.05) is 20.8 Å². The van der Waals surface area contributed by atoms with Crippen molar-refractivity contribution in [3.8, 4) is 0 Å². The van der Waals surface area contributed by atoms with Crippen LogP contribution in [-0.2, 0) is 6.54 Å². The maximum Gasteiger partial charge on any atom is 0.392 e. The first-order chi connectivity index (χ1) is 7.75. The molecule has 0 aromatic carbocycles. The van der Waals surface area contributed by atoms with E-state index in [4.69, 9.17) is 0 Å². The Labute approximate surface area is 107 Å². The van der Waals surface area contributed by atoms with Crippen LogP contribution in [-0.4, -0.2) is 20.5 Å². The third-order valence-corrected chi connectivity index (χ3v) is 3.38. The van der Waals surface area contributed by atoms with Gasteiger partial charge in [-0.3, -0.25) is 0 Å². The molecule has 1 atom stereocenters. The lowest BCUT2D eigenvalue weighted by Crippen LogP contribution is -2.27. The fraction of sp³-hybridized carbons (Fsp3) is 0.727. The van der Waals surface area contributed by atoms with Crippen LogP contribution in [0.1, 0.15) is 26.3 Å². The zero-order valence-electron chi connectivity index (χ0n) is 10.7. The first-order valence-electron chi connectivity index (χ1n) is 5.55. The fourth-order valence-electron chi connectivity index (χ4n) is 1.62. The number of rotatable bonds is 4. The molecular weight excluding hydrogens is 238 g/mol. The Morgan fingerprint density at radius 1 is 1.59 bits per heavy atom. The maximum atomic E-state index is 10.7. The third-order valence-electron chi connectivity index (χ3n) is 2.94. The van der Waals surface area contributed by atoms with E-state index in [1.165, 1.54) is 0 Å². The highest BCUT2D eigenvalue weighted by Crippen LogP contribution is 2.28. The number of thiol groups is 1. The van der Waals surface area contributed by atoms with E-state index >= 15 is 0 Å². The molecule has 0 spiro atoms. The van der Waals surface area contributed by atoms with Crippen LogP contribution in [0.15, 0.2) is 6.20 Å². The highest BCUT2D eigenvalue weighted by Gasteiger charge is 2.26. The van der Waals surface area contributed by atoms with Crippen molar-refractivity contribution in [2.24, 2.45) is 11.3 Å². The van der Waals surface area contributed by atoms with Gasteiger partial charge in [0.15, 0.2) is 0 Å². The molecule has 17 heavy (non-hydrogen) atoms. The van der Waals surface area contributed by atoms with Crippen molar-refractivity contribution >= 4 is 18.4 Å². The molecule has 0 aliphatic heterocycles. The van der Waals surface area contributed by atoms with E-state index < -0.39 is 4.92 Å². The van der Waals surface area contributed by atoms with Gasteiger partial charge in [0.25, 0.3) is 0 Å². The molecule has 0 aliphatic carbocycles. The molecule has 6 heteroatoms. The van der Waals surface area contributed by atoms with Crippen molar-refractivity contribution in [3.05, 3.63) is 21.9 Å². The van der Waals surface area contributed by atoms with Crippen molar-refractivity contribution in [2.45, 2.75) is 34.2 Å². The van der Waals surface area contributed by atoms with Crippen LogP contribution >= 0.6 is 12.6 Å². The van der Waals surface area contributed by atoms with Gasteiger partial charge in [-0.15, -0.1) is 0 Å². The van der Waals surface area contributed by atoms with Crippen LogP contribution in [0.5, 0.6) is 0 Å². The quantitative estimate of drug-likeness (QED) is 0.512. The maximum absolute atomic E-state index is 10.7. The second-order valence-electron chi connectivity index (χ2n) is 5.36. The van der Waals surface area contributed by atoms with Gasteiger partial charge in [-0.25, -0.2) is 0 Å². The number of aromatic nitrogens is 2. The van der Waals surface area contributed by atoms with E-state index in [0.29, 0.717) is 18.0 Å². The summed E-state index contributed by atoms with van der Waals surface area (Å²) in [7, 11) is 0. The first kappa shape index (κ1) is 14.0. The Kier molecular flexibility index (Phi) is 4.19. The second-order valence-corrected chi connectivity index (χ2v) is 5.73. The Morgan fingerprint density at radius 2 is 2.18 bits per heavy atom. The summed E-state index contributed by atoms with van der Waals surface area (Å²) in [5.74, 6) is 0.998. The van der Waals surface area contributed by atoms with Crippen LogP contribution in [0, 0.1) is 28.4 Å². The lowest BCUT2D eigenvalue weighted by Gasteiger charge is -2.28. The number of nitrogens with zero attached hydrogens (tertiary/aromatic N) is 3. The average molecular weight is 257 g/mol. The van der Waals surface area contributed by atoms with Crippen LogP contribution in [0.3, 0.4) is 0 Å². The van der Waals surface area contributed by atoms with Crippen molar-refractivity contribution < 1.29 is 4.92 Å². The molecule has 0 saturated heterocycles. The van der Waals surface area contributed by atoms with Crippen molar-refractivity contribution in [2.75, 3.05) is 5.75 Å². The van der Waals surface area contributed by atoms with Crippen LogP contribution in [0.25, 0.3) is 0 Å². The van der Waals surface area contributed by atoms with Crippen LogP contribution in [0.4, 0.5) is 5.82 Å². The predicted molar refractivity (Wildman–Crippen MR) is 70.4 cm³/mol. The molecule has 0 saturated carbocycles. The van der Waals surface area contributed by atoms with E-state index in [9.17, 15) is 10.1 Å². The minimum Gasteiger partial charge on any atom is -0.358 e. The number of hydrogen-bond acceptors (Lipinski definition) is 4. The topological polar surface area (TPSA) is 61.0 Å². The molecule has 0 radical (unpaired) electrons. The fourth-order valence-corrected chi connectivity index (χ4v) is 2.28. The molecule has 0 N–H and O–H groups in total. The zero-order valence-corrected chi connectivity index (χ0v) is 11.6. The third kappa shape index (κ3) is 3.46. The molecule has 1 aromatic heterocycles. The molecule has 1 rings (SSSR count). The molecule has 0 fully saturated rings. The van der Waals surface area contributed by atoms with Crippen LogP contribution in [0.2, 0.25) is 0 Å². The molecule has 5 nitrogen and oxygen atoms in total. The average Bonchev–Trinajstić information content (AvgIpc) is 2.54. The second kappa shape index (κ2) is 5.08. The lowest BCUT2D eigenvalue weighted by molar-refractivity contribution is -0.390. The summed E-state index contributed by atoms with van der Waals surface area (Å²) < 4.78 is 1.65. The van der Waals surface area contributed by atoms with E-state index in [-0.39, 0.29) is 11.2 Å². The number of nitro groups is 1. The van der Waals surface area contributed by atoms with Gasteiger partial charge in [0.05, 0.1) is 23.4 Å². The largest absolute Gasteiger partial charge is 0.392 e. The highest BCUT2D eigenvalue weighted by molar-refractivity contribution is 7.80. The molecule has 1 unspecified atom stereocenters. The smallest absolute Gasteiger partial charge is 0.358 e. The Hall–Kier alpha value is -1.04. The zero-order chi connectivity index (χ0) is 13.2. The van der Waals surface area contributed by atoms with Crippen molar-refractivity contribution in [3.63, 3.8) is 0 Å². The summed E-state index contributed by atoms with van der Waals surface area (Å²) in [5, 5.41) is 14.7. The van der Waals surface area contributed by atoms with E-state index in [2.05, 4.69) is 38.5 Å².